The van der Waals surface area contributed by atoms with Crippen molar-refractivity contribution in [2.75, 3.05) is 50.2 Å². The largest absolute Gasteiger partial charge is 0.493 e. The number of benzene rings is 2. The summed E-state index contributed by atoms with van der Waals surface area (Å²) >= 11 is 0. The Balaban J connectivity index is 1.35. The highest BCUT2D eigenvalue weighted by Crippen LogP contribution is 2.36. The van der Waals surface area contributed by atoms with Crippen molar-refractivity contribution in [2.45, 2.75) is 38.1 Å². The molecular formula is C29H35N5O4S. The minimum atomic E-state index is -2.97. The maximum absolute atomic E-state index is 12.0. The monoisotopic (exact) mass is 549 g/mol. The van der Waals surface area contributed by atoms with Crippen molar-refractivity contribution in [1.82, 2.24) is 19.4 Å². The van der Waals surface area contributed by atoms with Gasteiger partial charge in [-0.25, -0.2) is 13.4 Å². The molecule has 2 aliphatic rings. The van der Waals surface area contributed by atoms with Crippen LogP contribution in [0.5, 0.6) is 11.5 Å². The van der Waals surface area contributed by atoms with Gasteiger partial charge < -0.3 is 19.7 Å². The van der Waals surface area contributed by atoms with Crippen molar-refractivity contribution in [3.8, 4) is 17.4 Å². The average molecular weight is 550 g/mol. The Morgan fingerprint density at radius 2 is 1.82 bits per heavy atom. The van der Waals surface area contributed by atoms with E-state index in [1.54, 1.807) is 7.11 Å². The number of anilines is 1. The first-order valence-corrected chi connectivity index (χ1v) is 15.6. The summed E-state index contributed by atoms with van der Waals surface area (Å²) in [4.78, 5) is 12.4. The van der Waals surface area contributed by atoms with Crippen LogP contribution >= 0.6 is 0 Å². The van der Waals surface area contributed by atoms with Gasteiger partial charge in [-0.2, -0.15) is 4.98 Å². The number of hydrogen-bond acceptors (Lipinski definition) is 8. The van der Waals surface area contributed by atoms with E-state index in [1.165, 1.54) is 25.9 Å². The van der Waals surface area contributed by atoms with E-state index in [0.29, 0.717) is 42.7 Å². The minimum absolute atomic E-state index is 0.00777. The van der Waals surface area contributed by atoms with Crippen LogP contribution in [0.2, 0.25) is 0 Å². The van der Waals surface area contributed by atoms with E-state index < -0.39 is 9.84 Å². The molecule has 1 N–H and O–H groups in total. The van der Waals surface area contributed by atoms with Gasteiger partial charge >= 0.3 is 0 Å². The predicted octanol–water partition coefficient (Wildman–Crippen LogP) is 4.44. The predicted molar refractivity (Wildman–Crippen MR) is 154 cm³/mol. The smallest absolute Gasteiger partial charge is 0.236 e. The molecule has 9 nitrogen and oxygen atoms in total. The van der Waals surface area contributed by atoms with Gasteiger partial charge in [0.1, 0.15) is 15.7 Å². The number of hydrogen-bond donors (Lipinski definition) is 1. The van der Waals surface area contributed by atoms with Gasteiger partial charge in [0.25, 0.3) is 0 Å². The minimum Gasteiger partial charge on any atom is -0.493 e. The Labute approximate surface area is 229 Å². The van der Waals surface area contributed by atoms with Crippen LogP contribution in [0.3, 0.4) is 0 Å². The molecule has 0 atom stereocenters. The van der Waals surface area contributed by atoms with E-state index in [2.05, 4.69) is 16.3 Å². The topological polar surface area (TPSA) is 98.6 Å². The Morgan fingerprint density at radius 3 is 2.62 bits per heavy atom. The summed E-state index contributed by atoms with van der Waals surface area (Å²) in [5.74, 6) is 2.85. The van der Waals surface area contributed by atoms with Crippen molar-refractivity contribution in [3.63, 3.8) is 0 Å². The Bertz CT molecular complexity index is 1570. The van der Waals surface area contributed by atoms with Gasteiger partial charge in [0.05, 0.1) is 36.3 Å². The first-order chi connectivity index (χ1) is 19.0. The Hall–Kier alpha value is -3.37. The standard InChI is InChI=1S/C29H35N5O4S/c1-37-26-19-23-24(20-27(26)38-16-6-14-33-12-4-5-13-33)31-29(34-15-9-21-7-2-3-8-25(21)34)32-28(23)30-22-10-17-39(35,36)18-11-22/h2-3,7-9,15,19-20,22H,4-6,10-14,16-18H2,1H3,(H,30,31,32). The van der Waals surface area contributed by atoms with E-state index >= 15 is 0 Å². The number of ether oxygens (including phenoxy) is 2. The van der Waals surface area contributed by atoms with Gasteiger partial charge in [-0.3, -0.25) is 4.57 Å². The number of aromatic nitrogens is 3. The zero-order valence-corrected chi connectivity index (χ0v) is 23.1. The Kier molecular flexibility index (Phi) is 7.31. The molecule has 0 bridgehead atoms. The van der Waals surface area contributed by atoms with Crippen LogP contribution in [0.25, 0.3) is 27.8 Å². The third-order valence-corrected chi connectivity index (χ3v) is 9.47. The van der Waals surface area contributed by atoms with Gasteiger partial charge in [-0.1, -0.05) is 18.2 Å². The number of rotatable bonds is 9. The SMILES string of the molecule is COc1cc2c(NC3CCS(=O)(=O)CC3)nc(-n3ccc4ccccc43)nc2cc1OCCCN1CCCC1. The van der Waals surface area contributed by atoms with E-state index in [9.17, 15) is 8.42 Å². The van der Waals surface area contributed by atoms with Crippen LogP contribution in [0.4, 0.5) is 5.82 Å². The molecule has 206 valence electrons. The summed E-state index contributed by atoms with van der Waals surface area (Å²) in [6.45, 7) is 3.99. The molecule has 0 unspecified atom stereocenters. The van der Waals surface area contributed by atoms with E-state index in [4.69, 9.17) is 19.4 Å². The van der Waals surface area contributed by atoms with Crippen molar-refractivity contribution < 1.29 is 17.9 Å². The fraction of sp³-hybridized carbons (Fsp3) is 0.448. The van der Waals surface area contributed by atoms with Crippen LogP contribution in [0.15, 0.2) is 48.7 Å². The molecule has 4 aromatic rings. The van der Waals surface area contributed by atoms with Crippen molar-refractivity contribution in [1.29, 1.82) is 0 Å². The average Bonchev–Trinajstić information content (AvgIpc) is 3.62. The highest BCUT2D eigenvalue weighted by Gasteiger charge is 2.25. The molecule has 0 saturated carbocycles. The first kappa shape index (κ1) is 25.9. The fourth-order valence-electron chi connectivity index (χ4n) is 5.58. The second kappa shape index (κ2) is 11.0. The number of nitrogens with zero attached hydrogens (tertiary/aromatic N) is 4. The maximum atomic E-state index is 12.0. The second-order valence-electron chi connectivity index (χ2n) is 10.5. The summed E-state index contributed by atoms with van der Waals surface area (Å²) in [7, 11) is -1.33. The van der Waals surface area contributed by atoms with Crippen molar-refractivity contribution in [3.05, 3.63) is 48.7 Å². The van der Waals surface area contributed by atoms with Crippen LogP contribution in [0.1, 0.15) is 32.1 Å². The summed E-state index contributed by atoms with van der Waals surface area (Å²) in [5.41, 5.74) is 1.75. The molecule has 0 spiro atoms. The zero-order chi connectivity index (χ0) is 26.8. The molecule has 2 fully saturated rings. The molecule has 2 aromatic heterocycles. The van der Waals surface area contributed by atoms with Crippen molar-refractivity contribution in [2.24, 2.45) is 0 Å². The Morgan fingerprint density at radius 1 is 1.03 bits per heavy atom. The number of fused-ring (bicyclic) bond motifs is 2. The molecule has 0 amide bonds. The summed E-state index contributed by atoms with van der Waals surface area (Å²) in [6.07, 6.45) is 6.58. The molecular weight excluding hydrogens is 514 g/mol. The molecule has 39 heavy (non-hydrogen) atoms. The zero-order valence-electron chi connectivity index (χ0n) is 22.3. The third kappa shape index (κ3) is 5.67. The van der Waals surface area contributed by atoms with Gasteiger partial charge in [0.15, 0.2) is 11.5 Å². The molecule has 2 aromatic carbocycles. The quantitative estimate of drug-likeness (QED) is 0.306. The number of likely N-dealkylation sites (tertiary alicyclic amines) is 1. The second-order valence-corrected chi connectivity index (χ2v) is 12.8. The molecule has 2 saturated heterocycles. The van der Waals surface area contributed by atoms with Crippen molar-refractivity contribution >= 4 is 37.5 Å². The lowest BCUT2D eigenvalue weighted by Crippen LogP contribution is -2.32. The number of nitrogens with one attached hydrogen (secondary N) is 1. The molecule has 2 aliphatic heterocycles. The van der Waals surface area contributed by atoms with Crippen LogP contribution in [-0.2, 0) is 9.84 Å². The normalized spacial score (nSPS) is 18.1. The summed E-state index contributed by atoms with van der Waals surface area (Å²) in [5, 5.41) is 5.45. The van der Waals surface area contributed by atoms with Gasteiger partial charge in [-0.05, 0) is 63.4 Å². The first-order valence-electron chi connectivity index (χ1n) is 13.8. The number of para-hydroxylation sites is 1. The van der Waals surface area contributed by atoms with E-state index in [1.807, 2.05) is 47.2 Å². The van der Waals surface area contributed by atoms with Crippen LogP contribution in [0, 0.1) is 0 Å². The van der Waals surface area contributed by atoms with Gasteiger partial charge in [0.2, 0.25) is 5.95 Å². The van der Waals surface area contributed by atoms with Gasteiger partial charge in [0, 0.05) is 35.6 Å². The molecule has 10 heteroatoms. The lowest BCUT2D eigenvalue weighted by molar-refractivity contribution is 0.254. The maximum Gasteiger partial charge on any atom is 0.236 e. The fourth-order valence-corrected chi connectivity index (χ4v) is 7.07. The molecule has 0 aliphatic carbocycles. The van der Waals surface area contributed by atoms with Crippen LogP contribution in [-0.4, -0.2) is 78.8 Å². The lowest BCUT2D eigenvalue weighted by atomic mass is 10.1. The number of methoxy groups -OCH3 is 1. The van der Waals surface area contributed by atoms with E-state index in [-0.39, 0.29) is 17.5 Å². The molecule has 0 radical (unpaired) electrons. The van der Waals surface area contributed by atoms with Gasteiger partial charge in [-0.15, -0.1) is 0 Å². The third-order valence-electron chi connectivity index (χ3n) is 7.75. The van der Waals surface area contributed by atoms with Crippen LogP contribution < -0.4 is 14.8 Å². The lowest BCUT2D eigenvalue weighted by Gasteiger charge is -2.24. The molecule has 6 rings (SSSR count). The van der Waals surface area contributed by atoms with E-state index in [0.717, 1.165) is 34.8 Å². The summed E-state index contributed by atoms with van der Waals surface area (Å²) in [6, 6.07) is 14.0. The highest BCUT2D eigenvalue weighted by atomic mass is 32.2. The summed E-state index contributed by atoms with van der Waals surface area (Å²) < 4.78 is 37.9. The molecule has 4 heterocycles. The number of sulfone groups is 1. The highest BCUT2D eigenvalue weighted by molar-refractivity contribution is 7.91.